The van der Waals surface area contributed by atoms with E-state index in [9.17, 15) is 27.2 Å². The highest BCUT2D eigenvalue weighted by Gasteiger charge is 2.41. The van der Waals surface area contributed by atoms with Crippen LogP contribution >= 0.6 is 0 Å². The molecule has 0 spiro atoms. The highest BCUT2D eigenvalue weighted by molar-refractivity contribution is 5.92. The number of fused-ring (bicyclic) bond motifs is 1. The number of benzene rings is 1. The van der Waals surface area contributed by atoms with Gasteiger partial charge in [0.1, 0.15) is 11.7 Å². The topological polar surface area (TPSA) is 59.3 Å². The maximum atomic E-state index is 13.9. The van der Waals surface area contributed by atoms with Crippen molar-refractivity contribution in [1.82, 2.24) is 4.57 Å². The van der Waals surface area contributed by atoms with E-state index in [1.807, 2.05) is 0 Å². The van der Waals surface area contributed by atoms with Gasteiger partial charge in [0.25, 0.3) is 0 Å². The van der Waals surface area contributed by atoms with Crippen LogP contribution in [-0.2, 0) is 0 Å². The van der Waals surface area contributed by atoms with Gasteiger partial charge in [-0.3, -0.25) is 4.79 Å². The molecule has 0 amide bonds. The third kappa shape index (κ3) is 1.90. The van der Waals surface area contributed by atoms with Gasteiger partial charge in [-0.2, -0.15) is 0 Å². The standard InChI is InChI=1S/C13H7F4NO3/c14-6-2-8(6)18-3-5(13(20)21)12(19)4-1-7(15)9(16)10(17)11(4)18/h1,3,6,8H,2H2,(H,20,21)/t6-,8+/m0/s1. The molecule has 1 aliphatic rings. The fraction of sp³-hybridized carbons (Fsp3) is 0.231. The van der Waals surface area contributed by atoms with E-state index in [1.165, 1.54) is 0 Å². The molecule has 1 aromatic carbocycles. The molecule has 1 aromatic heterocycles. The zero-order chi connectivity index (χ0) is 15.5. The first-order chi connectivity index (χ1) is 9.82. The molecule has 8 heteroatoms. The average molecular weight is 301 g/mol. The summed E-state index contributed by atoms with van der Waals surface area (Å²) < 4.78 is 54.6. The summed E-state index contributed by atoms with van der Waals surface area (Å²) in [7, 11) is 0. The minimum absolute atomic E-state index is 0.0184. The number of alkyl halides is 1. The summed E-state index contributed by atoms with van der Waals surface area (Å²) in [6.45, 7) is 0. The van der Waals surface area contributed by atoms with Crippen molar-refractivity contribution in [2.24, 2.45) is 0 Å². The maximum Gasteiger partial charge on any atom is 0.341 e. The molecule has 1 fully saturated rings. The molecule has 0 radical (unpaired) electrons. The SMILES string of the molecule is O=C(O)c1cn([C@@H]2C[C@@H]2F)c2c(F)c(F)c(F)cc2c1=O. The van der Waals surface area contributed by atoms with Crippen molar-refractivity contribution in [2.45, 2.75) is 18.6 Å². The van der Waals surface area contributed by atoms with Crippen molar-refractivity contribution < 1.29 is 27.5 Å². The summed E-state index contributed by atoms with van der Waals surface area (Å²) in [6.07, 6.45) is -0.613. The fourth-order valence-corrected chi connectivity index (χ4v) is 2.27. The van der Waals surface area contributed by atoms with Crippen molar-refractivity contribution in [2.75, 3.05) is 0 Å². The minimum atomic E-state index is -1.80. The molecule has 2 aromatic rings. The summed E-state index contributed by atoms with van der Waals surface area (Å²) in [5, 5.41) is 8.31. The molecule has 1 saturated carbocycles. The van der Waals surface area contributed by atoms with E-state index < -0.39 is 57.5 Å². The van der Waals surface area contributed by atoms with Crippen LogP contribution in [0, 0.1) is 17.5 Å². The summed E-state index contributed by atoms with van der Waals surface area (Å²) in [4.78, 5) is 22.9. The number of hydrogen-bond donors (Lipinski definition) is 1. The average Bonchev–Trinajstić information content (AvgIpc) is 3.14. The number of aromatic carboxylic acids is 1. The molecule has 1 aliphatic carbocycles. The largest absolute Gasteiger partial charge is 0.477 e. The molecular weight excluding hydrogens is 294 g/mol. The van der Waals surface area contributed by atoms with Crippen LogP contribution in [0.3, 0.4) is 0 Å². The second kappa shape index (κ2) is 4.31. The summed E-state index contributed by atoms with van der Waals surface area (Å²) >= 11 is 0. The van der Waals surface area contributed by atoms with Gasteiger partial charge in [0.15, 0.2) is 17.5 Å². The lowest BCUT2D eigenvalue weighted by Crippen LogP contribution is -2.20. The van der Waals surface area contributed by atoms with Gasteiger partial charge in [-0.1, -0.05) is 0 Å². The molecule has 3 rings (SSSR count). The summed E-state index contributed by atoms with van der Waals surface area (Å²) in [5.74, 6) is -6.66. The maximum absolute atomic E-state index is 13.9. The van der Waals surface area contributed by atoms with E-state index >= 15 is 0 Å². The molecule has 1 N–H and O–H groups in total. The Morgan fingerprint density at radius 3 is 2.43 bits per heavy atom. The molecule has 1 heterocycles. The van der Waals surface area contributed by atoms with Gasteiger partial charge < -0.3 is 9.67 Å². The number of hydrogen-bond acceptors (Lipinski definition) is 2. The van der Waals surface area contributed by atoms with E-state index in [-0.39, 0.29) is 6.42 Å². The number of nitrogens with zero attached hydrogens (tertiary/aromatic N) is 1. The lowest BCUT2D eigenvalue weighted by atomic mass is 10.1. The summed E-state index contributed by atoms with van der Waals surface area (Å²) in [6, 6.07) is -0.472. The lowest BCUT2D eigenvalue weighted by molar-refractivity contribution is 0.0694. The Bertz CT molecular complexity index is 846. The fourth-order valence-electron chi connectivity index (χ4n) is 2.27. The minimum Gasteiger partial charge on any atom is -0.477 e. The van der Waals surface area contributed by atoms with Gasteiger partial charge in [-0.25, -0.2) is 22.4 Å². The van der Waals surface area contributed by atoms with Crippen molar-refractivity contribution in [3.05, 3.63) is 45.5 Å². The Hall–Kier alpha value is -2.38. The van der Waals surface area contributed by atoms with E-state index in [2.05, 4.69) is 0 Å². The first kappa shape index (κ1) is 13.6. The molecule has 2 atom stereocenters. The number of carboxylic acid groups (broad SMARTS) is 1. The monoisotopic (exact) mass is 301 g/mol. The van der Waals surface area contributed by atoms with Crippen LogP contribution in [0.25, 0.3) is 10.9 Å². The van der Waals surface area contributed by atoms with E-state index in [4.69, 9.17) is 5.11 Å². The van der Waals surface area contributed by atoms with Crippen LogP contribution in [0.1, 0.15) is 22.8 Å². The molecule has 0 aliphatic heterocycles. The number of pyridine rings is 1. The molecule has 0 bridgehead atoms. The van der Waals surface area contributed by atoms with Gasteiger partial charge >= 0.3 is 5.97 Å². The predicted octanol–water partition coefficient (Wildman–Crippen LogP) is 2.40. The Kier molecular flexibility index (Phi) is 2.79. The zero-order valence-electron chi connectivity index (χ0n) is 10.2. The Labute approximate surface area is 114 Å². The molecule has 0 saturated heterocycles. The molecular formula is C13H7F4NO3. The molecule has 110 valence electrons. The van der Waals surface area contributed by atoms with E-state index in [0.717, 1.165) is 10.8 Å². The highest BCUT2D eigenvalue weighted by Crippen LogP contribution is 2.41. The summed E-state index contributed by atoms with van der Waals surface area (Å²) in [5.41, 5.74) is -2.54. The van der Waals surface area contributed by atoms with Crippen LogP contribution in [0.4, 0.5) is 17.6 Å². The normalized spacial score (nSPS) is 20.8. The van der Waals surface area contributed by atoms with Gasteiger partial charge in [0.05, 0.1) is 16.9 Å². The van der Waals surface area contributed by atoms with Crippen molar-refractivity contribution in [1.29, 1.82) is 0 Å². The van der Waals surface area contributed by atoms with Gasteiger partial charge in [-0.15, -0.1) is 0 Å². The smallest absolute Gasteiger partial charge is 0.341 e. The van der Waals surface area contributed by atoms with Crippen molar-refractivity contribution >= 4 is 16.9 Å². The van der Waals surface area contributed by atoms with Crippen molar-refractivity contribution in [3.8, 4) is 0 Å². The number of rotatable bonds is 2. The number of aromatic nitrogens is 1. The highest BCUT2D eigenvalue weighted by atomic mass is 19.2. The predicted molar refractivity (Wildman–Crippen MR) is 63.6 cm³/mol. The van der Waals surface area contributed by atoms with E-state index in [0.29, 0.717) is 6.07 Å². The Morgan fingerprint density at radius 2 is 1.90 bits per heavy atom. The zero-order valence-corrected chi connectivity index (χ0v) is 10.2. The van der Waals surface area contributed by atoms with E-state index in [1.54, 1.807) is 0 Å². The number of halogens is 4. The van der Waals surface area contributed by atoms with Crippen LogP contribution in [0.2, 0.25) is 0 Å². The van der Waals surface area contributed by atoms with Gasteiger partial charge in [0.2, 0.25) is 5.43 Å². The third-order valence-corrected chi connectivity index (χ3v) is 3.42. The van der Waals surface area contributed by atoms with Crippen LogP contribution in [0.5, 0.6) is 0 Å². The van der Waals surface area contributed by atoms with Crippen LogP contribution in [0.15, 0.2) is 17.1 Å². The first-order valence-electron chi connectivity index (χ1n) is 5.92. The third-order valence-electron chi connectivity index (χ3n) is 3.42. The quantitative estimate of drug-likeness (QED) is 0.684. The second-order valence-corrected chi connectivity index (χ2v) is 4.79. The molecule has 4 nitrogen and oxygen atoms in total. The number of carboxylic acids is 1. The lowest BCUT2D eigenvalue weighted by Gasteiger charge is -2.12. The first-order valence-corrected chi connectivity index (χ1v) is 5.92. The van der Waals surface area contributed by atoms with Gasteiger partial charge in [0, 0.05) is 12.6 Å². The molecule has 0 unspecified atom stereocenters. The molecule has 21 heavy (non-hydrogen) atoms. The Balaban J connectivity index is 2.49. The van der Waals surface area contributed by atoms with Gasteiger partial charge in [-0.05, 0) is 6.07 Å². The van der Waals surface area contributed by atoms with Crippen molar-refractivity contribution in [3.63, 3.8) is 0 Å². The second-order valence-electron chi connectivity index (χ2n) is 4.79. The Morgan fingerprint density at radius 1 is 1.29 bits per heavy atom. The van der Waals surface area contributed by atoms with Crippen LogP contribution in [-0.4, -0.2) is 21.8 Å². The number of carbonyl (C=O) groups is 1. The van der Waals surface area contributed by atoms with Crippen LogP contribution < -0.4 is 5.43 Å².